The first-order chi connectivity index (χ1) is 40.6. The van der Waals surface area contributed by atoms with Crippen LogP contribution in [0.15, 0.2) is 122 Å². The Kier molecular flexibility index (Phi) is 52.8. The van der Waals surface area contributed by atoms with Crippen molar-refractivity contribution in [2.24, 2.45) is 0 Å². The molecule has 0 radical (unpaired) electrons. The molecule has 0 bridgehead atoms. The number of carbonyl (C=O) groups is 4. The first-order valence-corrected chi connectivity index (χ1v) is 32.5. The lowest BCUT2D eigenvalue weighted by molar-refractivity contribution is -0.301. The Hall–Kier alpha value is -4.88. The minimum atomic E-state index is -1.92. The van der Waals surface area contributed by atoms with E-state index in [1.165, 1.54) is 51.4 Å². The van der Waals surface area contributed by atoms with Crippen molar-refractivity contribution in [3.8, 4) is 0 Å². The number of ether oxygens (including phenoxy) is 5. The van der Waals surface area contributed by atoms with Crippen molar-refractivity contribution in [2.75, 3.05) is 13.2 Å². The molecule has 0 aromatic carbocycles. The van der Waals surface area contributed by atoms with Crippen LogP contribution < -0.4 is 0 Å². The molecule has 470 valence electrons. The van der Waals surface area contributed by atoms with Crippen molar-refractivity contribution in [2.45, 2.75) is 289 Å². The highest BCUT2D eigenvalue weighted by molar-refractivity contribution is 5.74. The van der Waals surface area contributed by atoms with E-state index < -0.39 is 67.3 Å². The summed E-state index contributed by atoms with van der Waals surface area (Å²) in [5.74, 6) is -3.21. The number of carbonyl (C=O) groups excluding carboxylic acids is 3. The van der Waals surface area contributed by atoms with Gasteiger partial charge in [0, 0.05) is 19.3 Å². The van der Waals surface area contributed by atoms with Crippen molar-refractivity contribution in [3.63, 3.8) is 0 Å². The van der Waals surface area contributed by atoms with Crippen LogP contribution in [0.25, 0.3) is 0 Å². The highest BCUT2D eigenvalue weighted by atomic mass is 16.7. The fraction of sp³-hybridized carbons (Fsp3) is 0.662. The summed E-state index contributed by atoms with van der Waals surface area (Å²) in [6, 6.07) is 0. The van der Waals surface area contributed by atoms with E-state index in [9.17, 15) is 34.5 Å². The standard InChI is InChI=1S/C71H114O12/c1-4-7-10-13-16-19-22-25-28-30-32-34-37-39-42-45-48-51-54-57-63(72)79-60-62(81-64(73)58-55-52-49-46-43-40-36-27-24-21-18-15-12-9-6-3)61-80-71-69(67(76)66(75)68(83-71)70(77)78)82-65(74)59-56-53-50-47-44-41-38-35-33-31-29-26-23-20-17-14-11-8-5-2/h7,9-10,12,16-21,25-29,32,34,36,43,46,62,66-69,71,75-76H,4-6,8,11,13-15,22-24,30-31,33,35,37-42,44-45,47-61H2,1-3H3,(H,77,78)/b10-7-,12-9-,19-16-,20-17-,21-18-,28-25-,29-26-,34-32-,36-27-,46-43-. The zero-order chi connectivity index (χ0) is 60.3. The maximum absolute atomic E-state index is 13.2. The van der Waals surface area contributed by atoms with Crippen LogP contribution in [-0.2, 0) is 42.9 Å². The number of aliphatic hydroxyl groups is 2. The highest BCUT2D eigenvalue weighted by Crippen LogP contribution is 2.26. The molecule has 1 rings (SSSR count). The summed E-state index contributed by atoms with van der Waals surface area (Å²) in [4.78, 5) is 51.3. The topological polar surface area (TPSA) is 175 Å². The second kappa shape index (κ2) is 57.5. The summed E-state index contributed by atoms with van der Waals surface area (Å²) in [5, 5.41) is 31.6. The van der Waals surface area contributed by atoms with Crippen molar-refractivity contribution < 1.29 is 58.2 Å². The molecule has 6 unspecified atom stereocenters. The van der Waals surface area contributed by atoms with Crippen molar-refractivity contribution in [3.05, 3.63) is 122 Å². The molecule has 0 aromatic heterocycles. The van der Waals surface area contributed by atoms with Crippen LogP contribution in [0.2, 0.25) is 0 Å². The van der Waals surface area contributed by atoms with Gasteiger partial charge in [0.1, 0.15) is 18.8 Å². The molecule has 1 aliphatic rings. The minimum absolute atomic E-state index is 0.0434. The first-order valence-electron chi connectivity index (χ1n) is 32.5. The molecule has 1 aliphatic heterocycles. The lowest BCUT2D eigenvalue weighted by Crippen LogP contribution is -2.61. The molecule has 6 atom stereocenters. The van der Waals surface area contributed by atoms with Crippen LogP contribution in [0.1, 0.15) is 252 Å². The molecule has 0 spiro atoms. The second-order valence-electron chi connectivity index (χ2n) is 21.6. The molecule has 0 amide bonds. The minimum Gasteiger partial charge on any atom is -0.479 e. The van der Waals surface area contributed by atoms with Gasteiger partial charge in [-0.05, 0) is 128 Å². The smallest absolute Gasteiger partial charge is 0.335 e. The van der Waals surface area contributed by atoms with Gasteiger partial charge in [0.2, 0.25) is 0 Å². The third-order valence-corrected chi connectivity index (χ3v) is 14.0. The fourth-order valence-corrected chi connectivity index (χ4v) is 9.09. The van der Waals surface area contributed by atoms with E-state index in [0.29, 0.717) is 19.3 Å². The number of esters is 3. The number of unbranched alkanes of at least 4 members (excludes halogenated alkanes) is 20. The summed E-state index contributed by atoms with van der Waals surface area (Å²) in [6.45, 7) is 5.71. The molecule has 0 saturated carbocycles. The quantitative estimate of drug-likeness (QED) is 0.0228. The van der Waals surface area contributed by atoms with Crippen LogP contribution >= 0.6 is 0 Å². The van der Waals surface area contributed by atoms with Gasteiger partial charge in [-0.1, -0.05) is 226 Å². The van der Waals surface area contributed by atoms with E-state index in [-0.39, 0.29) is 25.9 Å². The van der Waals surface area contributed by atoms with Gasteiger partial charge in [0.15, 0.2) is 24.6 Å². The monoisotopic (exact) mass is 1160 g/mol. The van der Waals surface area contributed by atoms with Crippen LogP contribution in [0, 0.1) is 0 Å². The Bertz CT molecular complexity index is 1900. The molecule has 1 saturated heterocycles. The Balaban J connectivity index is 2.69. The van der Waals surface area contributed by atoms with Gasteiger partial charge in [0.05, 0.1) is 6.61 Å². The van der Waals surface area contributed by atoms with E-state index in [1.54, 1.807) is 0 Å². The number of hydrogen-bond donors (Lipinski definition) is 3. The van der Waals surface area contributed by atoms with E-state index in [2.05, 4.69) is 142 Å². The van der Waals surface area contributed by atoms with Crippen LogP contribution in [0.3, 0.4) is 0 Å². The third-order valence-electron chi connectivity index (χ3n) is 14.0. The maximum Gasteiger partial charge on any atom is 0.335 e. The Morgan fingerprint density at radius 1 is 0.410 bits per heavy atom. The number of carboxylic acid groups (broad SMARTS) is 1. The van der Waals surface area contributed by atoms with E-state index in [1.807, 2.05) is 0 Å². The van der Waals surface area contributed by atoms with Gasteiger partial charge in [-0.15, -0.1) is 0 Å². The molecule has 0 aromatic rings. The summed E-state index contributed by atoms with van der Waals surface area (Å²) in [7, 11) is 0. The fourth-order valence-electron chi connectivity index (χ4n) is 9.09. The summed E-state index contributed by atoms with van der Waals surface area (Å²) < 4.78 is 28.5. The number of carboxylic acids is 1. The molecule has 12 heteroatoms. The largest absolute Gasteiger partial charge is 0.479 e. The SMILES string of the molecule is CC/C=C\C/C=C\C/C=C\C/C=C\CCCCCCCCC(=O)OCC(COC1OC(C(=O)O)C(O)C(O)C1OC(=O)CCCCCCCCCCC/C=C\C/C=C\CCCCC)OC(=O)CCCC/C=C\C/C=C\C/C=C\C/C=C\CC. The number of aliphatic hydroxyl groups excluding tert-OH is 2. The predicted molar refractivity (Wildman–Crippen MR) is 340 cm³/mol. The van der Waals surface area contributed by atoms with E-state index >= 15 is 0 Å². The molecule has 12 nitrogen and oxygen atoms in total. The predicted octanol–water partition coefficient (Wildman–Crippen LogP) is 17.6. The number of hydrogen-bond acceptors (Lipinski definition) is 11. The van der Waals surface area contributed by atoms with Crippen LogP contribution in [-0.4, -0.2) is 89.2 Å². The average Bonchev–Trinajstić information content (AvgIpc) is 3.57. The van der Waals surface area contributed by atoms with E-state index in [4.69, 9.17) is 23.7 Å². The number of rotatable bonds is 54. The van der Waals surface area contributed by atoms with Crippen molar-refractivity contribution in [1.29, 1.82) is 0 Å². The molecule has 83 heavy (non-hydrogen) atoms. The zero-order valence-electron chi connectivity index (χ0n) is 51.9. The van der Waals surface area contributed by atoms with Crippen molar-refractivity contribution in [1.82, 2.24) is 0 Å². The van der Waals surface area contributed by atoms with Gasteiger partial charge in [-0.2, -0.15) is 0 Å². The summed E-state index contributed by atoms with van der Waals surface area (Å²) >= 11 is 0. The maximum atomic E-state index is 13.2. The first kappa shape index (κ1) is 76.1. The highest BCUT2D eigenvalue weighted by Gasteiger charge is 2.50. The molecule has 1 fully saturated rings. The van der Waals surface area contributed by atoms with Gasteiger partial charge in [-0.3, -0.25) is 14.4 Å². The Morgan fingerprint density at radius 2 is 0.759 bits per heavy atom. The normalized spacial score (nSPS) is 18.4. The van der Waals surface area contributed by atoms with Crippen LogP contribution in [0.5, 0.6) is 0 Å². The van der Waals surface area contributed by atoms with Gasteiger partial charge >= 0.3 is 23.9 Å². The number of allylic oxidation sites excluding steroid dienone is 20. The lowest BCUT2D eigenvalue weighted by atomic mass is 9.98. The van der Waals surface area contributed by atoms with E-state index in [0.717, 1.165) is 141 Å². The van der Waals surface area contributed by atoms with Crippen molar-refractivity contribution >= 4 is 23.9 Å². The molecule has 1 heterocycles. The third kappa shape index (κ3) is 47.1. The van der Waals surface area contributed by atoms with Gasteiger partial charge in [-0.25, -0.2) is 4.79 Å². The lowest BCUT2D eigenvalue weighted by Gasteiger charge is -2.40. The Labute approximate surface area is 503 Å². The summed E-state index contributed by atoms with van der Waals surface area (Å²) in [5.41, 5.74) is 0. The average molecular weight is 1160 g/mol. The number of aliphatic carboxylic acids is 1. The second-order valence-corrected chi connectivity index (χ2v) is 21.6. The van der Waals surface area contributed by atoms with Crippen LogP contribution in [0.4, 0.5) is 0 Å². The molecule has 0 aliphatic carbocycles. The summed E-state index contributed by atoms with van der Waals surface area (Å²) in [6.07, 6.45) is 67.2. The van der Waals surface area contributed by atoms with Gasteiger partial charge < -0.3 is 39.0 Å². The van der Waals surface area contributed by atoms with Gasteiger partial charge in [0.25, 0.3) is 0 Å². The Morgan fingerprint density at radius 3 is 1.18 bits per heavy atom. The zero-order valence-corrected chi connectivity index (χ0v) is 51.9. The molecule has 3 N–H and O–H groups in total. The molecular formula is C71H114O12. The molecular weight excluding hydrogens is 1040 g/mol.